The molecule has 0 saturated carbocycles. The van der Waals surface area contributed by atoms with Crippen molar-refractivity contribution in [2.45, 2.75) is 13.5 Å². The van der Waals surface area contributed by atoms with Crippen LogP contribution in [-0.2, 0) is 6.54 Å². The molecule has 2 rings (SSSR count). The van der Waals surface area contributed by atoms with Crippen LogP contribution in [0.3, 0.4) is 0 Å². The molecule has 0 aliphatic heterocycles. The van der Waals surface area contributed by atoms with E-state index in [0.717, 1.165) is 29.6 Å². The fourth-order valence-electron chi connectivity index (χ4n) is 1.81. The molecule has 0 unspecified atom stereocenters. The second-order valence-corrected chi connectivity index (χ2v) is 4.23. The average Bonchev–Trinajstić information content (AvgIpc) is 2.38. The van der Waals surface area contributed by atoms with Gasteiger partial charge >= 0.3 is 0 Å². The minimum atomic E-state index is 0.728. The van der Waals surface area contributed by atoms with Crippen molar-refractivity contribution in [3.05, 3.63) is 47.8 Å². The van der Waals surface area contributed by atoms with Crippen molar-refractivity contribution in [1.29, 1.82) is 0 Å². The summed E-state index contributed by atoms with van der Waals surface area (Å²) in [6, 6.07) is 12.1. The zero-order valence-corrected chi connectivity index (χ0v) is 11.0. The van der Waals surface area contributed by atoms with E-state index in [4.69, 9.17) is 0 Å². The van der Waals surface area contributed by atoms with Gasteiger partial charge in [-0.2, -0.15) is 0 Å². The van der Waals surface area contributed by atoms with Crippen LogP contribution in [-0.4, -0.2) is 24.1 Å². The first-order chi connectivity index (χ1) is 8.70. The summed E-state index contributed by atoms with van der Waals surface area (Å²) < 4.78 is 0. The van der Waals surface area contributed by atoms with E-state index in [0.29, 0.717) is 0 Å². The van der Waals surface area contributed by atoms with Crippen LogP contribution in [0.15, 0.2) is 36.4 Å². The summed E-state index contributed by atoms with van der Waals surface area (Å²) in [6.45, 7) is 2.74. The van der Waals surface area contributed by atoms with Crippen LogP contribution in [0, 0.1) is 6.92 Å². The Balaban J connectivity index is 2.33. The predicted octanol–water partition coefficient (Wildman–Crippen LogP) is 2.27. The van der Waals surface area contributed by atoms with E-state index in [9.17, 15) is 0 Å². The van der Waals surface area contributed by atoms with Crippen LogP contribution in [0.2, 0.25) is 0 Å². The van der Waals surface area contributed by atoms with Crippen molar-refractivity contribution < 1.29 is 0 Å². The fraction of sp³-hybridized carbons (Fsp3) is 0.286. The highest BCUT2D eigenvalue weighted by atomic mass is 15.2. The van der Waals surface area contributed by atoms with Gasteiger partial charge < -0.3 is 10.2 Å². The summed E-state index contributed by atoms with van der Waals surface area (Å²) >= 11 is 0. The third-order valence-corrected chi connectivity index (χ3v) is 2.70. The van der Waals surface area contributed by atoms with Gasteiger partial charge in [0.1, 0.15) is 0 Å². The molecule has 1 N–H and O–H groups in total. The van der Waals surface area contributed by atoms with Gasteiger partial charge in [0, 0.05) is 25.0 Å². The minimum absolute atomic E-state index is 0.728. The van der Waals surface area contributed by atoms with E-state index in [-0.39, 0.29) is 0 Å². The number of hydrogen-bond donors (Lipinski definition) is 1. The van der Waals surface area contributed by atoms with Gasteiger partial charge in [-0.3, -0.25) is 0 Å². The quantitative estimate of drug-likeness (QED) is 0.893. The number of nitrogens with zero attached hydrogens (tertiary/aromatic N) is 3. The van der Waals surface area contributed by atoms with E-state index in [2.05, 4.69) is 15.3 Å². The van der Waals surface area contributed by atoms with Crippen LogP contribution in [0.5, 0.6) is 0 Å². The zero-order valence-electron chi connectivity index (χ0n) is 11.0. The predicted molar refractivity (Wildman–Crippen MR) is 74.0 cm³/mol. The van der Waals surface area contributed by atoms with Crippen molar-refractivity contribution in [1.82, 2.24) is 15.3 Å². The van der Waals surface area contributed by atoms with Crippen molar-refractivity contribution in [3.8, 4) is 0 Å². The van der Waals surface area contributed by atoms with Crippen LogP contribution >= 0.6 is 0 Å². The summed E-state index contributed by atoms with van der Waals surface area (Å²) in [5, 5.41) is 3.11. The molecule has 4 nitrogen and oxygen atoms in total. The molecule has 0 aliphatic carbocycles. The van der Waals surface area contributed by atoms with Gasteiger partial charge in [-0.15, -0.1) is 0 Å². The molecule has 1 aromatic heterocycles. The molecule has 0 aliphatic rings. The lowest BCUT2D eigenvalue weighted by molar-refractivity contribution is 0.781. The molecule has 0 saturated heterocycles. The topological polar surface area (TPSA) is 41.1 Å². The Morgan fingerprint density at radius 2 is 1.89 bits per heavy atom. The Hall–Kier alpha value is -1.94. The first-order valence-corrected chi connectivity index (χ1v) is 5.98. The Bertz CT molecular complexity index is 510. The number of anilines is 2. The molecular formula is C14H18N4. The van der Waals surface area contributed by atoms with E-state index >= 15 is 0 Å². The van der Waals surface area contributed by atoms with E-state index in [1.54, 1.807) is 0 Å². The van der Waals surface area contributed by atoms with E-state index < -0.39 is 0 Å². The highest BCUT2D eigenvalue weighted by molar-refractivity contribution is 5.56. The first-order valence-electron chi connectivity index (χ1n) is 5.98. The maximum absolute atomic E-state index is 4.55. The van der Waals surface area contributed by atoms with Crippen LogP contribution in [0.4, 0.5) is 11.6 Å². The molecule has 0 atom stereocenters. The Kier molecular flexibility index (Phi) is 3.89. The van der Waals surface area contributed by atoms with Crippen molar-refractivity contribution >= 4 is 11.6 Å². The Morgan fingerprint density at radius 3 is 2.56 bits per heavy atom. The molecule has 0 spiro atoms. The molecule has 2 aromatic rings. The Morgan fingerprint density at radius 1 is 1.17 bits per heavy atom. The third kappa shape index (κ3) is 2.84. The van der Waals surface area contributed by atoms with E-state index in [1.807, 2.05) is 62.3 Å². The van der Waals surface area contributed by atoms with Gasteiger partial charge in [0.2, 0.25) is 5.95 Å². The molecule has 0 radical (unpaired) electrons. The Labute approximate surface area is 108 Å². The normalized spacial score (nSPS) is 10.4. The van der Waals surface area contributed by atoms with Crippen molar-refractivity contribution in [3.63, 3.8) is 0 Å². The molecule has 4 heteroatoms. The van der Waals surface area contributed by atoms with Crippen molar-refractivity contribution in [2.24, 2.45) is 0 Å². The molecule has 0 amide bonds. The lowest BCUT2D eigenvalue weighted by Crippen LogP contribution is -2.16. The standard InChI is InChI=1S/C14H18N4/c1-11-9-12(10-15-2)17-14(16-11)18(3)13-7-5-4-6-8-13/h4-9,15H,10H2,1-3H3. The van der Waals surface area contributed by atoms with Gasteiger partial charge in [0.25, 0.3) is 0 Å². The molecule has 18 heavy (non-hydrogen) atoms. The molecule has 0 fully saturated rings. The molecule has 1 heterocycles. The SMILES string of the molecule is CNCc1cc(C)nc(N(C)c2ccccc2)n1. The number of para-hydroxylation sites is 1. The second-order valence-electron chi connectivity index (χ2n) is 4.23. The smallest absolute Gasteiger partial charge is 0.230 e. The fourth-order valence-corrected chi connectivity index (χ4v) is 1.81. The van der Waals surface area contributed by atoms with Crippen molar-refractivity contribution in [2.75, 3.05) is 19.0 Å². The average molecular weight is 242 g/mol. The number of benzene rings is 1. The molecule has 94 valence electrons. The third-order valence-electron chi connectivity index (χ3n) is 2.70. The number of rotatable bonds is 4. The highest BCUT2D eigenvalue weighted by Gasteiger charge is 2.08. The van der Waals surface area contributed by atoms with Gasteiger partial charge in [-0.1, -0.05) is 18.2 Å². The summed E-state index contributed by atoms with van der Waals surface area (Å²) in [7, 11) is 3.89. The lowest BCUT2D eigenvalue weighted by Gasteiger charge is -2.18. The number of nitrogens with one attached hydrogen (secondary N) is 1. The maximum Gasteiger partial charge on any atom is 0.230 e. The summed E-state index contributed by atoms with van der Waals surface area (Å²) in [4.78, 5) is 11.0. The van der Waals surface area contributed by atoms with Gasteiger partial charge in [0.05, 0.1) is 5.69 Å². The van der Waals surface area contributed by atoms with Gasteiger partial charge in [-0.05, 0) is 32.2 Å². The minimum Gasteiger partial charge on any atom is -0.314 e. The first kappa shape index (κ1) is 12.5. The zero-order chi connectivity index (χ0) is 13.0. The van der Waals surface area contributed by atoms with E-state index in [1.165, 1.54) is 0 Å². The monoisotopic (exact) mass is 242 g/mol. The lowest BCUT2D eigenvalue weighted by atomic mass is 10.3. The molecular weight excluding hydrogens is 224 g/mol. The van der Waals surface area contributed by atoms with Gasteiger partial charge in [-0.25, -0.2) is 9.97 Å². The number of aryl methyl sites for hydroxylation is 1. The maximum atomic E-state index is 4.55. The molecule has 0 bridgehead atoms. The second kappa shape index (κ2) is 5.60. The van der Waals surface area contributed by atoms with Crippen LogP contribution < -0.4 is 10.2 Å². The van der Waals surface area contributed by atoms with Crippen LogP contribution in [0.1, 0.15) is 11.4 Å². The summed E-state index contributed by atoms with van der Waals surface area (Å²) in [5.41, 5.74) is 3.06. The highest BCUT2D eigenvalue weighted by Crippen LogP contribution is 2.19. The largest absolute Gasteiger partial charge is 0.314 e. The van der Waals surface area contributed by atoms with Gasteiger partial charge in [0.15, 0.2) is 0 Å². The number of hydrogen-bond acceptors (Lipinski definition) is 4. The van der Waals surface area contributed by atoms with Crippen LogP contribution in [0.25, 0.3) is 0 Å². The summed E-state index contributed by atoms with van der Waals surface area (Å²) in [5.74, 6) is 0.728. The molecule has 1 aromatic carbocycles. The number of aromatic nitrogens is 2. The summed E-state index contributed by atoms with van der Waals surface area (Å²) in [6.07, 6.45) is 0.